The molecule has 1 aliphatic heterocycles. The van der Waals surface area contributed by atoms with Gasteiger partial charge in [0.2, 0.25) is 10.0 Å². The molecule has 0 saturated carbocycles. The van der Waals surface area contributed by atoms with Crippen molar-refractivity contribution in [3.63, 3.8) is 0 Å². The van der Waals surface area contributed by atoms with Gasteiger partial charge in [-0.3, -0.25) is 4.98 Å². The maximum absolute atomic E-state index is 12.5. The normalized spacial score (nSPS) is 24.2. The van der Waals surface area contributed by atoms with E-state index in [1.54, 1.807) is 6.92 Å². The smallest absolute Gasteiger partial charge is 0.244 e. The van der Waals surface area contributed by atoms with Crippen molar-refractivity contribution in [3.05, 3.63) is 23.5 Å². The fourth-order valence-corrected chi connectivity index (χ4v) is 5.46. The number of rotatable bonds is 2. The summed E-state index contributed by atoms with van der Waals surface area (Å²) in [6.07, 6.45) is 2.85. The van der Waals surface area contributed by atoms with Crippen molar-refractivity contribution in [1.82, 2.24) is 9.29 Å². The standard InChI is InChI=1S/C11H15ClN2O4S2/c1-9-2-4-19(15,16)5-3-14(9)20(17,18)11-6-10(12)7-13-8-11/h6-9H,2-5H2,1H3. The molecule has 0 spiro atoms. The number of aromatic nitrogens is 1. The molecule has 2 heterocycles. The van der Waals surface area contributed by atoms with E-state index in [1.165, 1.54) is 22.8 Å². The topological polar surface area (TPSA) is 84.4 Å². The number of nitrogens with zero attached hydrogens (tertiary/aromatic N) is 2. The second kappa shape index (κ2) is 5.59. The van der Waals surface area contributed by atoms with Gasteiger partial charge in [0.15, 0.2) is 9.84 Å². The van der Waals surface area contributed by atoms with Crippen LogP contribution in [0.3, 0.4) is 0 Å². The van der Waals surface area contributed by atoms with Gasteiger partial charge in [-0.2, -0.15) is 4.31 Å². The second-order valence-electron chi connectivity index (χ2n) is 4.74. The second-order valence-corrected chi connectivity index (χ2v) is 9.37. The average molecular weight is 339 g/mol. The van der Waals surface area contributed by atoms with Crippen molar-refractivity contribution in [3.8, 4) is 0 Å². The van der Waals surface area contributed by atoms with E-state index in [4.69, 9.17) is 11.6 Å². The highest BCUT2D eigenvalue weighted by molar-refractivity contribution is 7.91. The molecule has 1 unspecified atom stereocenters. The minimum absolute atomic E-state index is 0.00792. The summed E-state index contributed by atoms with van der Waals surface area (Å²) < 4.78 is 49.6. The Morgan fingerprint density at radius 1 is 1.35 bits per heavy atom. The highest BCUT2D eigenvalue weighted by Crippen LogP contribution is 2.23. The molecular weight excluding hydrogens is 324 g/mol. The third-order valence-corrected chi connectivity index (χ3v) is 7.10. The van der Waals surface area contributed by atoms with Crippen molar-refractivity contribution < 1.29 is 16.8 Å². The lowest BCUT2D eigenvalue weighted by Gasteiger charge is -2.25. The summed E-state index contributed by atoms with van der Waals surface area (Å²) >= 11 is 5.76. The van der Waals surface area contributed by atoms with Gasteiger partial charge in [0.25, 0.3) is 0 Å². The lowest BCUT2D eigenvalue weighted by atomic mass is 10.3. The Morgan fingerprint density at radius 2 is 2.05 bits per heavy atom. The van der Waals surface area contributed by atoms with E-state index in [9.17, 15) is 16.8 Å². The lowest BCUT2D eigenvalue weighted by molar-refractivity contribution is 0.350. The van der Waals surface area contributed by atoms with Gasteiger partial charge < -0.3 is 0 Å². The first-order valence-electron chi connectivity index (χ1n) is 6.05. The molecule has 0 aromatic carbocycles. The highest BCUT2D eigenvalue weighted by Gasteiger charge is 2.33. The Labute approximate surface area is 123 Å². The van der Waals surface area contributed by atoms with Crippen molar-refractivity contribution in [1.29, 1.82) is 0 Å². The maximum Gasteiger partial charge on any atom is 0.244 e. The zero-order valence-electron chi connectivity index (χ0n) is 10.9. The molecule has 1 fully saturated rings. The first kappa shape index (κ1) is 15.7. The first-order valence-corrected chi connectivity index (χ1v) is 9.69. The average Bonchev–Trinajstić information content (AvgIpc) is 2.49. The van der Waals surface area contributed by atoms with E-state index in [0.29, 0.717) is 0 Å². The van der Waals surface area contributed by atoms with E-state index in [0.717, 1.165) is 0 Å². The third kappa shape index (κ3) is 3.30. The molecule has 20 heavy (non-hydrogen) atoms. The molecule has 0 amide bonds. The van der Waals surface area contributed by atoms with Crippen LogP contribution >= 0.6 is 11.6 Å². The van der Waals surface area contributed by atoms with E-state index in [2.05, 4.69) is 4.98 Å². The number of hydrogen-bond acceptors (Lipinski definition) is 5. The number of sulfone groups is 1. The van der Waals surface area contributed by atoms with Crippen LogP contribution in [-0.2, 0) is 19.9 Å². The van der Waals surface area contributed by atoms with Crippen LogP contribution in [-0.4, -0.2) is 50.2 Å². The minimum Gasteiger partial charge on any atom is -0.262 e. The summed E-state index contributed by atoms with van der Waals surface area (Å²) in [4.78, 5) is 3.75. The van der Waals surface area contributed by atoms with E-state index in [1.807, 2.05) is 0 Å². The Bertz CT molecular complexity index is 703. The van der Waals surface area contributed by atoms with Gasteiger partial charge in [-0.25, -0.2) is 16.8 Å². The van der Waals surface area contributed by atoms with E-state index >= 15 is 0 Å². The third-order valence-electron chi connectivity index (χ3n) is 3.25. The Hall–Kier alpha value is -0.700. The van der Waals surface area contributed by atoms with Gasteiger partial charge in [0.05, 0.1) is 16.5 Å². The van der Waals surface area contributed by atoms with Gasteiger partial charge in [0, 0.05) is 25.0 Å². The summed E-state index contributed by atoms with van der Waals surface area (Å²) in [6, 6.07) is 0.937. The van der Waals surface area contributed by atoms with Gasteiger partial charge in [-0.15, -0.1) is 0 Å². The summed E-state index contributed by atoms with van der Waals surface area (Å²) in [5, 5.41) is 0.223. The molecule has 0 bridgehead atoms. The predicted octanol–water partition coefficient (Wildman–Crippen LogP) is 0.933. The highest BCUT2D eigenvalue weighted by atomic mass is 35.5. The summed E-state index contributed by atoms with van der Waals surface area (Å²) in [7, 11) is -6.97. The summed E-state index contributed by atoms with van der Waals surface area (Å²) in [6.45, 7) is 1.66. The van der Waals surface area contributed by atoms with Crippen molar-refractivity contribution in [2.45, 2.75) is 24.3 Å². The molecule has 1 aromatic heterocycles. The molecule has 0 radical (unpaired) electrons. The maximum atomic E-state index is 12.5. The van der Waals surface area contributed by atoms with Gasteiger partial charge in [-0.1, -0.05) is 11.6 Å². The van der Waals surface area contributed by atoms with Crippen molar-refractivity contribution >= 4 is 31.5 Å². The fourth-order valence-electron chi connectivity index (χ4n) is 2.07. The summed E-state index contributed by atoms with van der Waals surface area (Å²) in [5.41, 5.74) is 0. The van der Waals surface area contributed by atoms with E-state index in [-0.39, 0.29) is 40.4 Å². The van der Waals surface area contributed by atoms with Gasteiger partial charge in [-0.05, 0) is 19.4 Å². The molecule has 1 aliphatic rings. The molecule has 2 rings (SSSR count). The predicted molar refractivity (Wildman–Crippen MR) is 75.9 cm³/mol. The minimum atomic E-state index is -3.79. The van der Waals surface area contributed by atoms with Crippen LogP contribution in [0.4, 0.5) is 0 Å². The largest absolute Gasteiger partial charge is 0.262 e. The zero-order valence-corrected chi connectivity index (χ0v) is 13.2. The van der Waals surface area contributed by atoms with Crippen LogP contribution in [0.1, 0.15) is 13.3 Å². The van der Waals surface area contributed by atoms with Crippen LogP contribution in [0.15, 0.2) is 23.4 Å². The number of pyridine rings is 1. The Kier molecular flexibility index (Phi) is 4.38. The van der Waals surface area contributed by atoms with Crippen molar-refractivity contribution in [2.24, 2.45) is 0 Å². The van der Waals surface area contributed by atoms with Gasteiger partial charge >= 0.3 is 0 Å². The molecule has 1 atom stereocenters. The van der Waals surface area contributed by atoms with Crippen molar-refractivity contribution in [2.75, 3.05) is 18.1 Å². The Morgan fingerprint density at radius 3 is 2.70 bits per heavy atom. The van der Waals surface area contributed by atoms with Crippen LogP contribution in [0.2, 0.25) is 5.02 Å². The fraction of sp³-hybridized carbons (Fsp3) is 0.545. The zero-order chi connectivity index (χ0) is 15.0. The molecule has 0 aliphatic carbocycles. The van der Waals surface area contributed by atoms with Gasteiger partial charge in [0.1, 0.15) is 4.90 Å². The molecule has 1 aromatic rings. The van der Waals surface area contributed by atoms with E-state index < -0.39 is 19.9 Å². The SMILES string of the molecule is CC1CCS(=O)(=O)CCN1S(=O)(=O)c1cncc(Cl)c1. The van der Waals surface area contributed by atoms with Crippen LogP contribution in [0, 0.1) is 0 Å². The van der Waals surface area contributed by atoms with Crippen LogP contribution in [0.25, 0.3) is 0 Å². The molecule has 6 nitrogen and oxygen atoms in total. The molecule has 1 saturated heterocycles. The number of halogens is 1. The quantitative estimate of drug-likeness (QED) is 0.801. The number of hydrogen-bond donors (Lipinski definition) is 0. The lowest BCUT2D eigenvalue weighted by Crippen LogP contribution is -2.39. The molecule has 9 heteroatoms. The Balaban J connectivity index is 2.38. The summed E-state index contributed by atoms with van der Waals surface area (Å²) in [5.74, 6) is -0.154. The first-order chi connectivity index (χ1) is 9.22. The monoisotopic (exact) mass is 338 g/mol. The number of sulfonamides is 1. The van der Waals surface area contributed by atoms with Crippen LogP contribution < -0.4 is 0 Å². The molecule has 0 N–H and O–H groups in total. The van der Waals surface area contributed by atoms with Crippen LogP contribution in [0.5, 0.6) is 0 Å². The molecular formula is C11H15ClN2O4S2. The molecule has 112 valence electrons.